The third kappa shape index (κ3) is 5.13. The molecule has 0 atom stereocenters. The Morgan fingerprint density at radius 1 is 0.596 bits per heavy atom. The molecule has 0 spiro atoms. The van der Waals surface area contributed by atoms with Crippen molar-refractivity contribution in [1.29, 1.82) is 0 Å². The molecule has 47 heavy (non-hydrogen) atoms. The van der Waals surface area contributed by atoms with Gasteiger partial charge in [0.15, 0.2) is 0 Å². The molecule has 4 heterocycles. The topological polar surface area (TPSA) is 21.1 Å². The molecule has 4 aromatic carbocycles. The van der Waals surface area contributed by atoms with Crippen LogP contribution in [0.5, 0.6) is 0 Å². The fraction of sp³-hybridized carbons (Fsp3) is 0.250. The number of aromatic nitrogens is 1. The average Bonchev–Trinajstić information content (AvgIpc) is 3.74. The maximum absolute atomic E-state index is 3.86. The van der Waals surface area contributed by atoms with Gasteiger partial charge in [0.05, 0.1) is 11.2 Å². The summed E-state index contributed by atoms with van der Waals surface area (Å²) >= 11 is 0. The smallest absolute Gasteiger partial charge is 0.510 e. The van der Waals surface area contributed by atoms with Gasteiger partial charge in [0, 0.05) is 16.3 Å². The van der Waals surface area contributed by atoms with Crippen LogP contribution in [0, 0.1) is 25.5 Å². The van der Waals surface area contributed by atoms with E-state index in [1.165, 1.54) is 32.9 Å². The van der Waals surface area contributed by atoms with Crippen LogP contribution in [0.3, 0.4) is 0 Å². The van der Waals surface area contributed by atoms with Gasteiger partial charge in [-0.05, 0) is 84.9 Å². The number of anilines is 5. The van der Waals surface area contributed by atoms with E-state index in [1.807, 2.05) is 14.1 Å². The maximum Gasteiger partial charge on any atom is 4.00 e. The van der Waals surface area contributed by atoms with Crippen LogP contribution in [0.1, 0.15) is 52.7 Å². The summed E-state index contributed by atoms with van der Waals surface area (Å²) < 4.78 is 2.44. The maximum atomic E-state index is 3.86. The fourth-order valence-corrected chi connectivity index (χ4v) is 6.70. The number of nitrogens with zero attached hydrogens (tertiary/aromatic N) is 6. The minimum Gasteiger partial charge on any atom is -0.510 e. The number of rotatable bonds is 3. The Kier molecular flexibility index (Phi) is 7.33. The van der Waals surface area contributed by atoms with Gasteiger partial charge in [-0.3, -0.25) is 0 Å². The third-order valence-corrected chi connectivity index (χ3v) is 9.27. The van der Waals surface area contributed by atoms with Crippen molar-refractivity contribution in [2.45, 2.75) is 52.4 Å². The van der Waals surface area contributed by atoms with Crippen LogP contribution in [0.15, 0.2) is 85.5 Å². The zero-order valence-corrected chi connectivity index (χ0v) is 30.5. The molecule has 0 amide bonds. The molecular formula is C40H40N6Pt. The second kappa shape index (κ2) is 11.0. The van der Waals surface area contributed by atoms with Crippen LogP contribution < -0.4 is 14.7 Å². The van der Waals surface area contributed by atoms with Crippen LogP contribution in [0.2, 0.25) is 0 Å². The summed E-state index contributed by atoms with van der Waals surface area (Å²) in [5, 5.41) is 2.52. The SMILES string of the molecule is CN1C=CN(c2[c-]c3c(cc2)-n2c4ccc(C(C)(C)C)cc4c4cccc(c42)N3c2[c-]c(N3C=CN(C)[CH-]3)cc(C(C)(C)C)c2)[CH-]1.[Pt+4]. The van der Waals surface area contributed by atoms with Crippen molar-refractivity contribution in [2.24, 2.45) is 0 Å². The van der Waals surface area contributed by atoms with Crippen molar-refractivity contribution < 1.29 is 21.1 Å². The predicted molar refractivity (Wildman–Crippen MR) is 191 cm³/mol. The second-order valence-electron chi connectivity index (χ2n) is 14.8. The summed E-state index contributed by atoms with van der Waals surface area (Å²) in [5.74, 6) is 0. The number of benzene rings is 4. The van der Waals surface area contributed by atoms with E-state index in [9.17, 15) is 0 Å². The molecule has 0 bridgehead atoms. The number of fused-ring (bicyclic) bond motifs is 5. The normalized spacial score (nSPS) is 15.8. The summed E-state index contributed by atoms with van der Waals surface area (Å²) in [7, 11) is 4.09. The van der Waals surface area contributed by atoms with E-state index >= 15 is 0 Å². The van der Waals surface area contributed by atoms with Gasteiger partial charge in [0.2, 0.25) is 0 Å². The first-order valence-corrected chi connectivity index (χ1v) is 16.0. The summed E-state index contributed by atoms with van der Waals surface area (Å²) in [6, 6.07) is 30.4. The van der Waals surface area contributed by atoms with Crippen molar-refractivity contribution in [1.82, 2.24) is 14.4 Å². The zero-order valence-electron chi connectivity index (χ0n) is 28.2. The Labute approximate surface area is 293 Å². The van der Waals surface area contributed by atoms with E-state index in [0.717, 1.165) is 34.1 Å². The Balaban J connectivity index is 0.00000351. The molecule has 0 N–H and O–H groups in total. The summed E-state index contributed by atoms with van der Waals surface area (Å²) in [6.45, 7) is 17.8. The van der Waals surface area contributed by atoms with Crippen LogP contribution >= 0.6 is 0 Å². The van der Waals surface area contributed by atoms with Crippen molar-refractivity contribution in [3.05, 3.63) is 122 Å². The first kappa shape index (κ1) is 31.4. The standard InChI is InChI=1S/C40H40N6.Pt/c1-39(2,3)27-12-14-34-33(22-27)32-10-9-11-36-38(32)46(34)35-15-13-29(43-18-16-41(7)25-43)24-37(35)45(36)31-21-28(40(4,5)6)20-30(23-31)44-19-17-42(8)26-44;/h9-22,25-26H,1-8H3;/q-4;+4. The first-order valence-electron chi connectivity index (χ1n) is 16.0. The van der Waals surface area contributed by atoms with Gasteiger partial charge in [-0.15, -0.1) is 53.3 Å². The Hall–Kier alpha value is -4.15. The molecule has 1 aromatic heterocycles. The molecular weight excluding hydrogens is 760 g/mol. The van der Waals surface area contributed by atoms with E-state index in [0.29, 0.717) is 0 Å². The van der Waals surface area contributed by atoms with Gasteiger partial charge in [-0.2, -0.15) is 13.3 Å². The monoisotopic (exact) mass is 799 g/mol. The van der Waals surface area contributed by atoms with Crippen LogP contribution in [-0.2, 0) is 31.9 Å². The van der Waals surface area contributed by atoms with Crippen molar-refractivity contribution in [3.63, 3.8) is 0 Å². The Bertz CT molecular complexity index is 2090. The van der Waals surface area contributed by atoms with E-state index in [2.05, 4.69) is 182 Å². The number of hydrogen-bond acceptors (Lipinski definition) is 5. The second-order valence-corrected chi connectivity index (χ2v) is 14.8. The Morgan fingerprint density at radius 2 is 1.26 bits per heavy atom. The molecule has 7 heteroatoms. The first-order chi connectivity index (χ1) is 21.9. The summed E-state index contributed by atoms with van der Waals surface area (Å²) in [6.07, 6.45) is 8.29. The third-order valence-electron chi connectivity index (χ3n) is 9.27. The molecule has 0 fully saturated rings. The quantitative estimate of drug-likeness (QED) is 0.166. The zero-order chi connectivity index (χ0) is 32.1. The molecule has 240 valence electrons. The molecule has 0 aliphatic carbocycles. The van der Waals surface area contributed by atoms with Gasteiger partial charge in [-0.1, -0.05) is 65.4 Å². The van der Waals surface area contributed by atoms with Crippen molar-refractivity contribution >= 4 is 50.2 Å². The van der Waals surface area contributed by atoms with Crippen LogP contribution in [-0.4, -0.2) is 28.5 Å². The van der Waals surface area contributed by atoms with Gasteiger partial charge in [0.1, 0.15) is 0 Å². The predicted octanol–water partition coefficient (Wildman–Crippen LogP) is 9.44. The average molecular weight is 800 g/mol. The molecule has 3 aliphatic rings. The van der Waals surface area contributed by atoms with Gasteiger partial charge < -0.3 is 29.1 Å². The number of hydrogen-bond donors (Lipinski definition) is 0. The summed E-state index contributed by atoms with van der Waals surface area (Å²) in [4.78, 5) is 10.8. The minimum atomic E-state index is -0.0672. The van der Waals surface area contributed by atoms with Gasteiger partial charge >= 0.3 is 21.1 Å². The summed E-state index contributed by atoms with van der Waals surface area (Å²) in [5.41, 5.74) is 11.2. The van der Waals surface area contributed by atoms with Crippen LogP contribution in [0.4, 0.5) is 28.4 Å². The van der Waals surface area contributed by atoms with Crippen molar-refractivity contribution in [2.75, 3.05) is 28.8 Å². The van der Waals surface area contributed by atoms with E-state index in [-0.39, 0.29) is 31.9 Å². The molecule has 5 aromatic rings. The molecule has 0 saturated heterocycles. The number of para-hydroxylation sites is 1. The molecule has 0 saturated carbocycles. The minimum absolute atomic E-state index is 0. The fourth-order valence-electron chi connectivity index (χ4n) is 6.70. The van der Waals surface area contributed by atoms with E-state index in [1.54, 1.807) is 0 Å². The molecule has 0 unspecified atom stereocenters. The van der Waals surface area contributed by atoms with Crippen molar-refractivity contribution in [3.8, 4) is 5.69 Å². The van der Waals surface area contributed by atoms with Crippen LogP contribution in [0.25, 0.3) is 27.5 Å². The van der Waals surface area contributed by atoms with Gasteiger partial charge in [0.25, 0.3) is 0 Å². The molecule has 3 aliphatic heterocycles. The molecule has 6 nitrogen and oxygen atoms in total. The van der Waals surface area contributed by atoms with E-state index in [4.69, 9.17) is 0 Å². The largest absolute Gasteiger partial charge is 4.00 e. The van der Waals surface area contributed by atoms with Gasteiger partial charge in [-0.25, -0.2) is 0 Å². The molecule has 0 radical (unpaired) electrons. The molecule has 8 rings (SSSR count). The Morgan fingerprint density at radius 3 is 1.89 bits per heavy atom. The van der Waals surface area contributed by atoms with E-state index < -0.39 is 0 Å².